The van der Waals surface area contributed by atoms with Crippen LogP contribution >= 0.6 is 12.4 Å². The minimum atomic E-state index is -3.65. The van der Waals surface area contributed by atoms with Crippen LogP contribution in [0.4, 0.5) is 0 Å². The fraction of sp³-hybridized carbons (Fsp3) is 0.647. The van der Waals surface area contributed by atoms with Crippen LogP contribution in [0, 0.1) is 5.92 Å². The standard InChI is InChI=1S/C17H28N2O4S.ClH/c1-3-22-16-10-9-14(11-17(16)23-4-2)24(20,21)19-15(12-18)13-7-5-6-8-13;/h9-11,13,15,19H,3-8,12,18H2,1-2H3;1H. The molecule has 1 aromatic rings. The molecule has 0 bridgehead atoms. The molecule has 25 heavy (non-hydrogen) atoms. The number of hydrogen-bond donors (Lipinski definition) is 2. The van der Waals surface area contributed by atoms with E-state index < -0.39 is 10.0 Å². The summed E-state index contributed by atoms with van der Waals surface area (Å²) >= 11 is 0. The molecule has 1 aliphatic rings. The molecule has 0 aliphatic heterocycles. The van der Waals surface area contributed by atoms with Gasteiger partial charge in [-0.05, 0) is 44.7 Å². The Morgan fingerprint density at radius 3 is 2.32 bits per heavy atom. The number of hydrogen-bond acceptors (Lipinski definition) is 5. The van der Waals surface area contributed by atoms with Crippen molar-refractivity contribution in [2.45, 2.75) is 50.5 Å². The van der Waals surface area contributed by atoms with Crippen molar-refractivity contribution in [3.05, 3.63) is 18.2 Å². The monoisotopic (exact) mass is 392 g/mol. The lowest BCUT2D eigenvalue weighted by molar-refractivity contribution is 0.287. The van der Waals surface area contributed by atoms with Crippen molar-refractivity contribution in [3.8, 4) is 11.5 Å². The van der Waals surface area contributed by atoms with Gasteiger partial charge < -0.3 is 15.2 Å². The summed E-state index contributed by atoms with van der Waals surface area (Å²) in [5.41, 5.74) is 5.81. The summed E-state index contributed by atoms with van der Waals surface area (Å²) in [5.74, 6) is 1.30. The van der Waals surface area contributed by atoms with Crippen molar-refractivity contribution < 1.29 is 17.9 Å². The predicted molar refractivity (Wildman–Crippen MR) is 101 cm³/mol. The SMILES string of the molecule is CCOc1ccc(S(=O)(=O)NC(CN)C2CCCC2)cc1OCC.Cl. The van der Waals surface area contributed by atoms with Crippen LogP contribution in [0.15, 0.2) is 23.1 Å². The van der Waals surface area contributed by atoms with Gasteiger partial charge in [-0.3, -0.25) is 0 Å². The number of benzene rings is 1. The molecule has 144 valence electrons. The predicted octanol–water partition coefficient (Wildman–Crippen LogP) is 2.70. The summed E-state index contributed by atoms with van der Waals surface area (Å²) < 4.78 is 39.2. The zero-order valence-electron chi connectivity index (χ0n) is 14.9. The van der Waals surface area contributed by atoms with Crippen molar-refractivity contribution in [3.63, 3.8) is 0 Å². The Morgan fingerprint density at radius 2 is 1.76 bits per heavy atom. The Labute approximate surface area is 156 Å². The molecule has 0 spiro atoms. The van der Waals surface area contributed by atoms with E-state index in [-0.39, 0.29) is 23.3 Å². The first-order valence-electron chi connectivity index (χ1n) is 8.63. The zero-order valence-corrected chi connectivity index (χ0v) is 16.5. The molecule has 0 amide bonds. The Bertz CT molecular complexity index is 634. The largest absolute Gasteiger partial charge is 0.490 e. The molecule has 0 heterocycles. The smallest absolute Gasteiger partial charge is 0.241 e. The average molecular weight is 393 g/mol. The van der Waals surface area contributed by atoms with Crippen LogP contribution < -0.4 is 19.9 Å². The Balaban J connectivity index is 0.00000312. The fourth-order valence-corrected chi connectivity index (χ4v) is 4.50. The zero-order chi connectivity index (χ0) is 17.6. The quantitative estimate of drug-likeness (QED) is 0.674. The minimum absolute atomic E-state index is 0. The van der Waals surface area contributed by atoms with Crippen LogP contribution in [-0.4, -0.2) is 34.2 Å². The van der Waals surface area contributed by atoms with Gasteiger partial charge >= 0.3 is 0 Å². The first-order valence-corrected chi connectivity index (χ1v) is 10.1. The molecule has 1 aliphatic carbocycles. The van der Waals surface area contributed by atoms with Gasteiger partial charge in [0, 0.05) is 18.7 Å². The van der Waals surface area contributed by atoms with Gasteiger partial charge in [0.2, 0.25) is 10.0 Å². The minimum Gasteiger partial charge on any atom is -0.490 e. The highest BCUT2D eigenvalue weighted by molar-refractivity contribution is 7.89. The van der Waals surface area contributed by atoms with Crippen molar-refractivity contribution in [1.29, 1.82) is 0 Å². The second kappa shape index (κ2) is 10.2. The van der Waals surface area contributed by atoms with Crippen LogP contribution in [0.2, 0.25) is 0 Å². The first-order chi connectivity index (χ1) is 11.5. The second-order valence-electron chi connectivity index (χ2n) is 5.98. The normalized spacial score (nSPS) is 16.3. The molecule has 0 aromatic heterocycles. The van der Waals surface area contributed by atoms with Gasteiger partial charge in [-0.15, -0.1) is 12.4 Å². The molecule has 6 nitrogen and oxygen atoms in total. The van der Waals surface area contributed by atoms with E-state index in [4.69, 9.17) is 15.2 Å². The van der Waals surface area contributed by atoms with E-state index in [1.165, 1.54) is 12.1 Å². The summed E-state index contributed by atoms with van der Waals surface area (Å²) in [6.45, 7) is 4.94. The Kier molecular flexibility index (Phi) is 8.99. The topological polar surface area (TPSA) is 90.7 Å². The van der Waals surface area contributed by atoms with Gasteiger partial charge in [-0.1, -0.05) is 12.8 Å². The van der Waals surface area contributed by atoms with Gasteiger partial charge in [0.15, 0.2) is 11.5 Å². The molecule has 0 saturated heterocycles. The van der Waals surface area contributed by atoms with Gasteiger partial charge in [-0.25, -0.2) is 13.1 Å². The highest BCUT2D eigenvalue weighted by Gasteiger charge is 2.28. The van der Waals surface area contributed by atoms with Crippen LogP contribution in [-0.2, 0) is 10.0 Å². The maximum Gasteiger partial charge on any atom is 0.241 e. The van der Waals surface area contributed by atoms with Crippen molar-refractivity contribution in [2.75, 3.05) is 19.8 Å². The number of halogens is 1. The molecule has 3 N–H and O–H groups in total. The molecule has 0 radical (unpaired) electrons. The van der Waals surface area contributed by atoms with Gasteiger partial charge in [0.25, 0.3) is 0 Å². The fourth-order valence-electron chi connectivity index (χ4n) is 3.16. The third kappa shape index (κ3) is 5.74. The Hall–Kier alpha value is -1.02. The second-order valence-corrected chi connectivity index (χ2v) is 7.70. The number of nitrogens with one attached hydrogen (secondary N) is 1. The molecule has 1 fully saturated rings. The molecule has 1 atom stereocenters. The summed E-state index contributed by atoms with van der Waals surface area (Å²) in [4.78, 5) is 0.172. The number of nitrogens with two attached hydrogens (primary N) is 1. The lowest BCUT2D eigenvalue weighted by Crippen LogP contribution is -2.44. The van der Waals surface area contributed by atoms with E-state index in [0.717, 1.165) is 25.7 Å². The van der Waals surface area contributed by atoms with Crippen LogP contribution in [0.1, 0.15) is 39.5 Å². The van der Waals surface area contributed by atoms with Crippen molar-refractivity contribution >= 4 is 22.4 Å². The van der Waals surface area contributed by atoms with Gasteiger partial charge in [0.05, 0.1) is 18.1 Å². The van der Waals surface area contributed by atoms with Crippen molar-refractivity contribution in [1.82, 2.24) is 4.72 Å². The van der Waals surface area contributed by atoms with Crippen LogP contribution in [0.5, 0.6) is 11.5 Å². The van der Waals surface area contributed by atoms with E-state index in [2.05, 4.69) is 4.72 Å². The summed E-state index contributed by atoms with van der Waals surface area (Å²) in [7, 11) is -3.65. The van der Waals surface area contributed by atoms with Gasteiger partial charge in [0.1, 0.15) is 0 Å². The molecule has 1 unspecified atom stereocenters. The third-order valence-corrected chi connectivity index (χ3v) is 5.84. The van der Waals surface area contributed by atoms with Gasteiger partial charge in [-0.2, -0.15) is 0 Å². The molecule has 1 saturated carbocycles. The number of ether oxygens (including phenoxy) is 2. The molecule has 1 aromatic carbocycles. The molecular weight excluding hydrogens is 364 g/mol. The van der Waals surface area contributed by atoms with E-state index >= 15 is 0 Å². The summed E-state index contributed by atoms with van der Waals surface area (Å²) in [5, 5.41) is 0. The van der Waals surface area contributed by atoms with Crippen molar-refractivity contribution in [2.24, 2.45) is 11.7 Å². The van der Waals surface area contributed by atoms with E-state index in [0.29, 0.717) is 37.2 Å². The first kappa shape index (κ1) is 22.0. The number of rotatable bonds is 9. The maximum atomic E-state index is 12.7. The van der Waals surface area contributed by atoms with Crippen LogP contribution in [0.3, 0.4) is 0 Å². The van der Waals surface area contributed by atoms with E-state index in [1.54, 1.807) is 6.07 Å². The number of sulfonamides is 1. The highest BCUT2D eigenvalue weighted by Crippen LogP contribution is 2.31. The van der Waals surface area contributed by atoms with E-state index in [1.807, 2.05) is 13.8 Å². The highest BCUT2D eigenvalue weighted by atomic mass is 35.5. The lowest BCUT2D eigenvalue weighted by atomic mass is 9.99. The summed E-state index contributed by atoms with van der Waals surface area (Å²) in [6.07, 6.45) is 4.33. The Morgan fingerprint density at radius 1 is 1.16 bits per heavy atom. The third-order valence-electron chi connectivity index (χ3n) is 4.35. The molecular formula is C17H29ClN2O4S. The molecule has 8 heteroatoms. The van der Waals surface area contributed by atoms with E-state index in [9.17, 15) is 8.42 Å². The summed E-state index contributed by atoms with van der Waals surface area (Å²) in [6, 6.07) is 4.47. The maximum absolute atomic E-state index is 12.7. The lowest BCUT2D eigenvalue weighted by Gasteiger charge is -2.23. The average Bonchev–Trinajstić information content (AvgIpc) is 3.09. The van der Waals surface area contributed by atoms with Crippen LogP contribution in [0.25, 0.3) is 0 Å². The molecule has 2 rings (SSSR count).